The van der Waals surface area contributed by atoms with Crippen LogP contribution in [0.5, 0.6) is 0 Å². The monoisotopic (exact) mass is 299 g/mol. The molecular formula is C7H7ClINO2. The lowest BCUT2D eigenvalue weighted by Crippen LogP contribution is -2.13. The van der Waals surface area contributed by atoms with Gasteiger partial charge in [0.15, 0.2) is 0 Å². The predicted molar refractivity (Wildman–Crippen MR) is 57.2 cm³/mol. The number of rotatable bonds is 1. The summed E-state index contributed by atoms with van der Waals surface area (Å²) in [6, 6.07) is 0. The molecule has 0 aromatic carbocycles. The second-order valence-electron chi connectivity index (χ2n) is 2.01. The van der Waals surface area contributed by atoms with E-state index in [1.807, 2.05) is 0 Å². The summed E-state index contributed by atoms with van der Waals surface area (Å²) in [4.78, 5) is 11.0. The molecule has 0 saturated heterocycles. The molecule has 0 aliphatic carbocycles. The number of methoxy groups -OCH3 is 1. The minimum Gasteiger partial charge on any atom is -0.465 e. The molecule has 0 amide bonds. The van der Waals surface area contributed by atoms with Crippen molar-refractivity contribution in [3.05, 3.63) is 20.4 Å². The normalized spacial score (nSPS) is 16.7. The quantitative estimate of drug-likeness (QED) is 0.585. The van der Waals surface area contributed by atoms with Gasteiger partial charge in [-0.3, -0.25) is 0 Å². The van der Waals surface area contributed by atoms with Gasteiger partial charge in [0.1, 0.15) is 0 Å². The molecular weight excluding hydrogens is 292 g/mol. The lowest BCUT2D eigenvalue weighted by Gasteiger charge is -2.06. The average molecular weight is 299 g/mol. The highest BCUT2D eigenvalue weighted by Crippen LogP contribution is 2.25. The van der Waals surface area contributed by atoms with E-state index in [1.54, 1.807) is 10.1 Å². The zero-order chi connectivity index (χ0) is 9.14. The molecule has 3 nitrogen and oxygen atoms in total. The predicted octanol–water partition coefficient (Wildman–Crippen LogP) is 1.24. The summed E-state index contributed by atoms with van der Waals surface area (Å²) in [6.45, 7) is 0. The number of allylic oxidation sites excluding steroid dienone is 1. The summed E-state index contributed by atoms with van der Waals surface area (Å²) in [5, 5.41) is 0. The van der Waals surface area contributed by atoms with Crippen molar-refractivity contribution in [3.63, 3.8) is 0 Å². The minimum atomic E-state index is -0.396. The summed E-state index contributed by atoms with van der Waals surface area (Å²) >= 11 is 5.34. The van der Waals surface area contributed by atoms with E-state index in [0.717, 1.165) is 3.04 Å². The summed E-state index contributed by atoms with van der Waals surface area (Å²) in [5.74, 6) is -0.396. The van der Waals surface area contributed by atoms with E-state index in [4.69, 9.17) is 17.3 Å². The SMILES string of the molecule is COC(=O)C1=C(N)C=C(Cl)I=C1. The molecule has 1 heterocycles. The van der Waals surface area contributed by atoms with E-state index >= 15 is 0 Å². The first-order valence-corrected chi connectivity index (χ1v) is 5.77. The number of ether oxygens (including phenoxy) is 1. The smallest absolute Gasteiger partial charge is 0.340 e. The third kappa shape index (κ3) is 2.07. The Labute approximate surface area is 85.0 Å². The maximum atomic E-state index is 11.0. The van der Waals surface area contributed by atoms with Crippen molar-refractivity contribution in [2.24, 2.45) is 5.73 Å². The Morgan fingerprint density at radius 1 is 1.75 bits per heavy atom. The van der Waals surface area contributed by atoms with Crippen LogP contribution in [0.3, 0.4) is 0 Å². The third-order valence-electron chi connectivity index (χ3n) is 1.25. The first-order valence-electron chi connectivity index (χ1n) is 3.07. The van der Waals surface area contributed by atoms with Gasteiger partial charge in [-0.05, 0) is 10.1 Å². The zero-order valence-electron chi connectivity index (χ0n) is 6.30. The Morgan fingerprint density at radius 3 is 2.92 bits per heavy atom. The minimum absolute atomic E-state index is 0.387. The molecule has 0 aromatic heterocycles. The number of nitrogens with two attached hydrogens (primary N) is 1. The van der Waals surface area contributed by atoms with Gasteiger partial charge in [0.2, 0.25) is 0 Å². The van der Waals surface area contributed by atoms with Crippen molar-refractivity contribution >= 4 is 42.3 Å². The highest BCUT2D eigenvalue weighted by molar-refractivity contribution is 14.2. The number of carbonyl (C=O) groups is 1. The van der Waals surface area contributed by atoms with E-state index in [0.29, 0.717) is 11.3 Å². The molecule has 0 bridgehead atoms. The van der Waals surface area contributed by atoms with Crippen LogP contribution in [0.25, 0.3) is 0 Å². The fourth-order valence-electron chi connectivity index (χ4n) is 0.669. The van der Waals surface area contributed by atoms with Crippen LogP contribution in [0.1, 0.15) is 0 Å². The van der Waals surface area contributed by atoms with Gasteiger partial charge < -0.3 is 10.5 Å². The number of halogens is 2. The van der Waals surface area contributed by atoms with E-state index in [-0.39, 0.29) is 0 Å². The van der Waals surface area contributed by atoms with E-state index < -0.39 is 26.7 Å². The van der Waals surface area contributed by atoms with Gasteiger partial charge in [0.25, 0.3) is 0 Å². The number of hydrogen-bond donors (Lipinski definition) is 1. The van der Waals surface area contributed by atoms with Crippen LogP contribution in [0, 0.1) is 0 Å². The van der Waals surface area contributed by atoms with Crippen molar-refractivity contribution in [2.45, 2.75) is 0 Å². The lowest BCUT2D eigenvalue weighted by molar-refractivity contribution is -0.135. The highest BCUT2D eigenvalue weighted by atomic mass is 127. The third-order valence-corrected chi connectivity index (χ3v) is 3.75. The number of hydrogen-bond acceptors (Lipinski definition) is 3. The van der Waals surface area contributed by atoms with E-state index in [9.17, 15) is 4.79 Å². The molecule has 0 radical (unpaired) electrons. The largest absolute Gasteiger partial charge is 0.465 e. The number of esters is 1. The standard InChI is InChI=1S/C7H7ClINO2/c1-12-7(11)4-3-9-6(8)2-5(4)10/h2-3H,10H2,1H3. The molecule has 0 aromatic rings. The van der Waals surface area contributed by atoms with Gasteiger partial charge in [-0.1, -0.05) is 32.3 Å². The molecule has 0 unspecified atom stereocenters. The molecule has 0 spiro atoms. The van der Waals surface area contributed by atoms with Crippen molar-refractivity contribution in [3.8, 4) is 0 Å². The van der Waals surface area contributed by atoms with Crippen LogP contribution < -0.4 is 5.73 Å². The van der Waals surface area contributed by atoms with Crippen LogP contribution in [-0.2, 0) is 9.53 Å². The molecule has 1 aliphatic heterocycles. The molecule has 1 aliphatic rings. The van der Waals surface area contributed by atoms with Gasteiger partial charge >= 0.3 is 5.97 Å². The zero-order valence-corrected chi connectivity index (χ0v) is 9.22. The summed E-state index contributed by atoms with van der Waals surface area (Å²) in [5.41, 5.74) is 6.38. The summed E-state index contributed by atoms with van der Waals surface area (Å²) in [7, 11) is 1.33. The van der Waals surface area contributed by atoms with E-state index in [2.05, 4.69) is 4.74 Å². The van der Waals surface area contributed by atoms with Crippen molar-refractivity contribution in [2.75, 3.05) is 7.11 Å². The van der Waals surface area contributed by atoms with Crippen LogP contribution in [0.15, 0.2) is 20.4 Å². The second-order valence-corrected chi connectivity index (χ2v) is 5.47. The van der Waals surface area contributed by atoms with Crippen molar-refractivity contribution in [1.29, 1.82) is 0 Å². The molecule has 1 rings (SSSR count). The van der Waals surface area contributed by atoms with Gasteiger partial charge in [0.05, 0.1) is 15.7 Å². The Morgan fingerprint density at radius 2 is 2.42 bits per heavy atom. The van der Waals surface area contributed by atoms with Gasteiger partial charge in [0, 0.05) is 5.70 Å². The Kier molecular flexibility index (Phi) is 3.28. The molecule has 0 saturated carbocycles. The Hall–Kier alpha value is -0.360. The molecule has 12 heavy (non-hydrogen) atoms. The fraction of sp³-hybridized carbons (Fsp3) is 0.143. The number of carbonyl (C=O) groups excluding carboxylic acids is 1. The first kappa shape index (κ1) is 9.73. The molecule has 2 N–H and O–H groups in total. The van der Waals surface area contributed by atoms with Crippen LogP contribution >= 0.6 is 32.3 Å². The van der Waals surface area contributed by atoms with Crippen LogP contribution in [0.4, 0.5) is 0 Å². The average Bonchev–Trinajstić information content (AvgIpc) is 2.03. The maximum absolute atomic E-state index is 11.0. The van der Waals surface area contributed by atoms with Crippen LogP contribution in [0.2, 0.25) is 0 Å². The Bertz CT molecular complexity index is 307. The first-order chi connectivity index (χ1) is 5.65. The van der Waals surface area contributed by atoms with Gasteiger partial charge in [-0.15, -0.1) is 0 Å². The fourth-order valence-corrected chi connectivity index (χ4v) is 2.80. The van der Waals surface area contributed by atoms with Crippen molar-refractivity contribution < 1.29 is 9.53 Å². The molecule has 66 valence electrons. The topological polar surface area (TPSA) is 52.3 Å². The maximum Gasteiger partial charge on any atom is 0.340 e. The van der Waals surface area contributed by atoms with Crippen LogP contribution in [-0.4, -0.2) is 17.1 Å². The van der Waals surface area contributed by atoms with Crippen molar-refractivity contribution in [1.82, 2.24) is 0 Å². The van der Waals surface area contributed by atoms with Gasteiger partial charge in [-0.25, -0.2) is 4.79 Å². The highest BCUT2D eigenvalue weighted by Gasteiger charge is 2.13. The molecule has 0 atom stereocenters. The lowest BCUT2D eigenvalue weighted by atomic mass is 10.2. The Balaban J connectivity index is 3.00. The van der Waals surface area contributed by atoms with Gasteiger partial charge in [-0.2, -0.15) is 0 Å². The molecule has 5 heteroatoms. The summed E-state index contributed by atoms with van der Waals surface area (Å²) < 4.78 is 7.03. The second kappa shape index (κ2) is 4.04. The summed E-state index contributed by atoms with van der Waals surface area (Å²) in [6.07, 6.45) is 1.61. The molecule has 0 fully saturated rings. The van der Waals surface area contributed by atoms with E-state index in [1.165, 1.54) is 7.11 Å².